The summed E-state index contributed by atoms with van der Waals surface area (Å²) in [6.07, 6.45) is 0. The van der Waals surface area contributed by atoms with Crippen LogP contribution in [0.4, 0.5) is 10.6 Å². The second-order valence-electron chi connectivity index (χ2n) is 4.00. The molecule has 7 heteroatoms. The van der Waals surface area contributed by atoms with E-state index >= 15 is 0 Å². The summed E-state index contributed by atoms with van der Waals surface area (Å²) in [5.41, 5.74) is 0.833. The van der Waals surface area contributed by atoms with Gasteiger partial charge in [0.1, 0.15) is 12.4 Å². The lowest BCUT2D eigenvalue weighted by atomic mass is 10.4. The number of rotatable bonds is 1. The number of piperazine rings is 1. The van der Waals surface area contributed by atoms with Gasteiger partial charge >= 0.3 is 6.03 Å². The molecule has 2 N–H and O–H groups in total. The molecule has 0 saturated carbocycles. The molecule has 0 atom stereocenters. The normalized spacial score (nSPS) is 15.6. The van der Waals surface area contributed by atoms with Crippen LogP contribution >= 0.6 is 0 Å². The topological polar surface area (TPSA) is 79.3 Å². The van der Waals surface area contributed by atoms with Gasteiger partial charge in [-0.25, -0.2) is 4.79 Å². The fraction of sp³-hybridized carbons (Fsp3) is 0.500. The van der Waals surface area contributed by atoms with E-state index in [-0.39, 0.29) is 18.5 Å². The molecular formula is C10H15N5O2. The van der Waals surface area contributed by atoms with Crippen LogP contribution in [0.3, 0.4) is 0 Å². The highest BCUT2D eigenvalue weighted by molar-refractivity contribution is 5.92. The molecule has 0 aromatic carbocycles. The van der Waals surface area contributed by atoms with Gasteiger partial charge in [-0.2, -0.15) is 5.10 Å². The van der Waals surface area contributed by atoms with Gasteiger partial charge in [-0.1, -0.05) is 0 Å². The van der Waals surface area contributed by atoms with Crippen molar-refractivity contribution in [2.75, 3.05) is 25.0 Å². The van der Waals surface area contributed by atoms with E-state index in [1.54, 1.807) is 17.8 Å². The first-order valence-electron chi connectivity index (χ1n) is 5.39. The zero-order valence-corrected chi connectivity index (χ0v) is 9.86. The number of hydrogen-bond donors (Lipinski definition) is 2. The van der Waals surface area contributed by atoms with Gasteiger partial charge in [-0.15, -0.1) is 0 Å². The highest BCUT2D eigenvalue weighted by Gasteiger charge is 2.21. The summed E-state index contributed by atoms with van der Waals surface area (Å²) in [4.78, 5) is 24.5. The number of carbonyl (C=O) groups is 2. The number of hydrogen-bond acceptors (Lipinski definition) is 3. The van der Waals surface area contributed by atoms with E-state index in [0.29, 0.717) is 18.9 Å². The van der Waals surface area contributed by atoms with Crippen molar-refractivity contribution in [2.24, 2.45) is 7.05 Å². The molecule has 1 aromatic heterocycles. The number of amides is 3. The molecular weight excluding hydrogens is 222 g/mol. The third kappa shape index (κ3) is 2.55. The highest BCUT2D eigenvalue weighted by atomic mass is 16.2. The summed E-state index contributed by atoms with van der Waals surface area (Å²) < 4.78 is 1.59. The molecule has 1 aliphatic heterocycles. The molecule has 1 aliphatic rings. The number of carbonyl (C=O) groups excluding carboxylic acids is 2. The molecule has 17 heavy (non-hydrogen) atoms. The first-order valence-corrected chi connectivity index (χ1v) is 5.39. The van der Waals surface area contributed by atoms with E-state index in [4.69, 9.17) is 0 Å². The van der Waals surface area contributed by atoms with Crippen molar-refractivity contribution in [3.05, 3.63) is 11.8 Å². The zero-order chi connectivity index (χ0) is 12.4. The van der Waals surface area contributed by atoms with Gasteiger partial charge in [0.15, 0.2) is 0 Å². The molecule has 0 aliphatic carbocycles. The lowest BCUT2D eigenvalue weighted by Crippen LogP contribution is -2.51. The average molecular weight is 237 g/mol. The summed E-state index contributed by atoms with van der Waals surface area (Å²) in [5.74, 6) is 0.492. The molecule has 0 bridgehead atoms. The molecule has 0 radical (unpaired) electrons. The van der Waals surface area contributed by atoms with E-state index in [0.717, 1.165) is 5.69 Å². The summed E-state index contributed by atoms with van der Waals surface area (Å²) in [6, 6.07) is 1.50. The van der Waals surface area contributed by atoms with E-state index in [9.17, 15) is 9.59 Å². The smallest absolute Gasteiger partial charge is 0.323 e. The molecule has 1 saturated heterocycles. The average Bonchev–Trinajstić information content (AvgIpc) is 2.57. The molecule has 0 spiro atoms. The number of nitrogens with zero attached hydrogens (tertiary/aromatic N) is 3. The highest BCUT2D eigenvalue weighted by Crippen LogP contribution is 2.09. The van der Waals surface area contributed by atoms with Crippen LogP contribution in [0.25, 0.3) is 0 Å². The monoisotopic (exact) mass is 237 g/mol. The first-order chi connectivity index (χ1) is 8.06. The van der Waals surface area contributed by atoms with Crippen LogP contribution in [0.5, 0.6) is 0 Å². The minimum absolute atomic E-state index is 0.0999. The maximum atomic E-state index is 11.9. The Balaban J connectivity index is 2.01. The molecule has 2 rings (SSSR count). The number of anilines is 1. The Hall–Kier alpha value is -2.05. The Morgan fingerprint density at radius 1 is 1.59 bits per heavy atom. The molecule has 3 amide bonds. The predicted molar refractivity (Wildman–Crippen MR) is 61.5 cm³/mol. The summed E-state index contributed by atoms with van der Waals surface area (Å²) in [6.45, 7) is 2.97. The van der Waals surface area contributed by atoms with Crippen LogP contribution in [-0.4, -0.2) is 46.3 Å². The molecule has 92 valence electrons. The van der Waals surface area contributed by atoms with Crippen molar-refractivity contribution >= 4 is 17.8 Å². The number of aryl methyl sites for hydroxylation is 2. The maximum Gasteiger partial charge on any atom is 0.323 e. The van der Waals surface area contributed by atoms with Crippen LogP contribution in [0, 0.1) is 6.92 Å². The van der Waals surface area contributed by atoms with Gasteiger partial charge in [-0.05, 0) is 6.92 Å². The standard InChI is InChI=1S/C10H15N5O2/c1-7-5-8(14(2)13-7)12-10(17)15-4-3-11-9(16)6-15/h5H,3-4,6H2,1-2H3,(H,11,16)(H,12,17). The maximum absolute atomic E-state index is 11.9. The van der Waals surface area contributed by atoms with Gasteiger partial charge in [0.05, 0.1) is 5.69 Å². The summed E-state index contributed by atoms with van der Waals surface area (Å²) >= 11 is 0. The van der Waals surface area contributed by atoms with Crippen molar-refractivity contribution in [3.63, 3.8) is 0 Å². The number of urea groups is 1. The minimum atomic E-state index is -0.275. The van der Waals surface area contributed by atoms with Crippen molar-refractivity contribution in [1.82, 2.24) is 20.0 Å². The summed E-state index contributed by atoms with van der Waals surface area (Å²) in [5, 5.41) is 9.53. The fourth-order valence-corrected chi connectivity index (χ4v) is 1.73. The third-order valence-corrected chi connectivity index (χ3v) is 2.56. The van der Waals surface area contributed by atoms with Crippen LogP contribution in [0.1, 0.15) is 5.69 Å². The number of nitrogens with one attached hydrogen (secondary N) is 2. The van der Waals surface area contributed by atoms with Gasteiger partial charge in [0.2, 0.25) is 5.91 Å². The van der Waals surface area contributed by atoms with Crippen molar-refractivity contribution < 1.29 is 9.59 Å². The summed E-state index contributed by atoms with van der Waals surface area (Å²) in [7, 11) is 1.76. The lowest BCUT2D eigenvalue weighted by molar-refractivity contribution is -0.123. The molecule has 1 fully saturated rings. The second kappa shape index (κ2) is 4.44. The lowest BCUT2D eigenvalue weighted by Gasteiger charge is -2.26. The SMILES string of the molecule is Cc1cc(NC(=O)N2CCNC(=O)C2)n(C)n1. The van der Waals surface area contributed by atoms with E-state index in [1.165, 1.54) is 4.90 Å². The van der Waals surface area contributed by atoms with Crippen LogP contribution < -0.4 is 10.6 Å². The van der Waals surface area contributed by atoms with Crippen molar-refractivity contribution in [2.45, 2.75) is 6.92 Å². The Bertz CT molecular complexity index is 454. The molecule has 0 unspecified atom stereocenters. The Morgan fingerprint density at radius 2 is 2.35 bits per heavy atom. The van der Waals surface area contributed by atoms with Gasteiger partial charge in [0, 0.05) is 26.2 Å². The minimum Gasteiger partial charge on any atom is -0.353 e. The van der Waals surface area contributed by atoms with Crippen LogP contribution in [-0.2, 0) is 11.8 Å². The number of aromatic nitrogens is 2. The van der Waals surface area contributed by atoms with Crippen LogP contribution in [0.15, 0.2) is 6.07 Å². The van der Waals surface area contributed by atoms with Crippen molar-refractivity contribution in [1.29, 1.82) is 0 Å². The predicted octanol–water partition coefficient (Wildman–Crippen LogP) is -0.308. The molecule has 1 aromatic rings. The zero-order valence-electron chi connectivity index (χ0n) is 9.86. The van der Waals surface area contributed by atoms with E-state index < -0.39 is 0 Å². The van der Waals surface area contributed by atoms with E-state index in [2.05, 4.69) is 15.7 Å². The quantitative estimate of drug-likeness (QED) is 0.703. The van der Waals surface area contributed by atoms with Crippen LogP contribution in [0.2, 0.25) is 0 Å². The van der Waals surface area contributed by atoms with Crippen molar-refractivity contribution in [3.8, 4) is 0 Å². The Morgan fingerprint density at radius 3 is 2.94 bits per heavy atom. The third-order valence-electron chi connectivity index (χ3n) is 2.56. The largest absolute Gasteiger partial charge is 0.353 e. The first kappa shape index (κ1) is 11.4. The fourth-order valence-electron chi connectivity index (χ4n) is 1.73. The Kier molecular flexibility index (Phi) is 2.99. The van der Waals surface area contributed by atoms with Gasteiger partial charge in [-0.3, -0.25) is 14.8 Å². The van der Waals surface area contributed by atoms with Gasteiger partial charge in [0.25, 0.3) is 0 Å². The van der Waals surface area contributed by atoms with E-state index in [1.807, 2.05) is 6.92 Å². The molecule has 2 heterocycles. The second-order valence-corrected chi connectivity index (χ2v) is 4.00. The Labute approximate surface area is 98.8 Å². The molecule has 7 nitrogen and oxygen atoms in total. The van der Waals surface area contributed by atoms with Gasteiger partial charge < -0.3 is 10.2 Å².